The first kappa shape index (κ1) is 22.4. The topological polar surface area (TPSA) is 62.3 Å². The maximum atomic E-state index is 13.1. The lowest BCUT2D eigenvalue weighted by atomic mass is 9.94. The van der Waals surface area contributed by atoms with Crippen molar-refractivity contribution < 1.29 is 19.1 Å². The number of carbonyl (C=O) groups is 2. The van der Waals surface area contributed by atoms with Gasteiger partial charge < -0.3 is 19.3 Å². The van der Waals surface area contributed by atoms with Crippen LogP contribution in [0.2, 0.25) is 0 Å². The van der Waals surface area contributed by atoms with Gasteiger partial charge in [-0.25, -0.2) is 4.79 Å². The monoisotopic (exact) mass is 417 g/mol. The molecule has 0 spiro atoms. The van der Waals surface area contributed by atoms with Gasteiger partial charge in [0, 0.05) is 38.8 Å². The molecule has 2 aliphatic heterocycles. The molecule has 0 N–H and O–H groups in total. The van der Waals surface area contributed by atoms with Gasteiger partial charge in [-0.2, -0.15) is 0 Å². The van der Waals surface area contributed by atoms with Gasteiger partial charge >= 0.3 is 6.09 Å². The summed E-state index contributed by atoms with van der Waals surface area (Å²) in [5, 5.41) is 0. The van der Waals surface area contributed by atoms with Crippen molar-refractivity contribution in [3.63, 3.8) is 0 Å². The number of amides is 2. The minimum Gasteiger partial charge on any atom is -0.497 e. The number of likely N-dealkylation sites (N-methyl/N-ethyl adjacent to an activating group) is 1. The number of hydrogen-bond acceptors (Lipinski definition) is 5. The van der Waals surface area contributed by atoms with Gasteiger partial charge in [0.2, 0.25) is 5.91 Å². The highest BCUT2D eigenvalue weighted by Crippen LogP contribution is 2.28. The third-order valence-electron chi connectivity index (χ3n) is 5.95. The molecular weight excluding hydrogens is 382 g/mol. The fourth-order valence-corrected chi connectivity index (χ4v) is 4.44. The molecule has 7 heteroatoms. The summed E-state index contributed by atoms with van der Waals surface area (Å²) in [6.07, 6.45) is 1.18. The van der Waals surface area contributed by atoms with Crippen LogP contribution in [0.3, 0.4) is 0 Å². The predicted molar refractivity (Wildman–Crippen MR) is 116 cm³/mol. The molecule has 166 valence electrons. The summed E-state index contributed by atoms with van der Waals surface area (Å²) in [7, 11) is 3.50. The van der Waals surface area contributed by atoms with E-state index in [4.69, 9.17) is 9.47 Å². The Labute approximate surface area is 179 Å². The average Bonchev–Trinajstić information content (AvgIpc) is 2.69. The number of ether oxygens (including phenoxy) is 2. The SMILES string of the molecule is CC[C@H]1CN2[C@@H](CN(C)C(=O)[C@@H]2Cc2cccc(OC)c2)CN1C(=O)OC(C)(C)C. The lowest BCUT2D eigenvalue weighted by Crippen LogP contribution is -2.70. The van der Waals surface area contributed by atoms with E-state index in [0.717, 1.165) is 17.7 Å². The van der Waals surface area contributed by atoms with Gasteiger partial charge in [-0.05, 0) is 51.3 Å². The van der Waals surface area contributed by atoms with Crippen LogP contribution < -0.4 is 4.74 Å². The summed E-state index contributed by atoms with van der Waals surface area (Å²) in [6, 6.07) is 7.78. The molecule has 30 heavy (non-hydrogen) atoms. The van der Waals surface area contributed by atoms with Crippen molar-refractivity contribution >= 4 is 12.0 Å². The number of carbonyl (C=O) groups excluding carboxylic acids is 2. The fourth-order valence-electron chi connectivity index (χ4n) is 4.44. The first-order valence-corrected chi connectivity index (χ1v) is 10.8. The Morgan fingerprint density at radius 2 is 1.93 bits per heavy atom. The van der Waals surface area contributed by atoms with Gasteiger partial charge in [-0.15, -0.1) is 0 Å². The zero-order chi connectivity index (χ0) is 22.1. The van der Waals surface area contributed by atoms with E-state index < -0.39 is 5.60 Å². The maximum absolute atomic E-state index is 13.1. The van der Waals surface area contributed by atoms with Gasteiger partial charge in [-0.1, -0.05) is 19.1 Å². The molecule has 2 saturated heterocycles. The summed E-state index contributed by atoms with van der Waals surface area (Å²) in [6.45, 7) is 9.60. The van der Waals surface area contributed by atoms with E-state index in [-0.39, 0.29) is 30.1 Å². The molecule has 1 aromatic carbocycles. The molecule has 0 saturated carbocycles. The smallest absolute Gasteiger partial charge is 0.410 e. The van der Waals surface area contributed by atoms with Gasteiger partial charge in [0.05, 0.1) is 13.2 Å². The zero-order valence-electron chi connectivity index (χ0n) is 19.1. The number of benzene rings is 1. The number of methoxy groups -OCH3 is 1. The minimum absolute atomic E-state index is 0.0279. The van der Waals surface area contributed by atoms with E-state index in [1.54, 1.807) is 12.0 Å². The van der Waals surface area contributed by atoms with Gasteiger partial charge in [-0.3, -0.25) is 9.69 Å². The number of hydrogen-bond donors (Lipinski definition) is 0. The third-order valence-corrected chi connectivity index (χ3v) is 5.95. The number of rotatable bonds is 4. The number of fused-ring (bicyclic) bond motifs is 1. The Hall–Kier alpha value is -2.28. The third kappa shape index (κ3) is 4.89. The molecule has 2 fully saturated rings. The highest BCUT2D eigenvalue weighted by atomic mass is 16.6. The van der Waals surface area contributed by atoms with Crippen LogP contribution in [0.25, 0.3) is 0 Å². The van der Waals surface area contributed by atoms with Crippen LogP contribution in [0.15, 0.2) is 24.3 Å². The maximum Gasteiger partial charge on any atom is 0.410 e. The zero-order valence-corrected chi connectivity index (χ0v) is 19.1. The summed E-state index contributed by atoms with van der Waals surface area (Å²) in [5.41, 5.74) is 0.546. The Balaban J connectivity index is 1.82. The van der Waals surface area contributed by atoms with Crippen molar-refractivity contribution in [2.45, 2.75) is 64.3 Å². The van der Waals surface area contributed by atoms with Gasteiger partial charge in [0.25, 0.3) is 0 Å². The molecule has 1 aromatic rings. The molecule has 2 heterocycles. The van der Waals surface area contributed by atoms with Crippen LogP contribution in [-0.4, -0.2) is 84.2 Å². The van der Waals surface area contributed by atoms with Crippen molar-refractivity contribution in [3.05, 3.63) is 29.8 Å². The van der Waals surface area contributed by atoms with Gasteiger partial charge in [0.1, 0.15) is 11.4 Å². The molecule has 0 unspecified atom stereocenters. The van der Waals surface area contributed by atoms with Crippen molar-refractivity contribution in [1.82, 2.24) is 14.7 Å². The van der Waals surface area contributed by atoms with Crippen LogP contribution in [0.5, 0.6) is 5.75 Å². The molecule has 0 radical (unpaired) electrons. The Morgan fingerprint density at radius 3 is 2.57 bits per heavy atom. The van der Waals surface area contributed by atoms with E-state index in [9.17, 15) is 9.59 Å². The van der Waals surface area contributed by atoms with E-state index in [1.807, 2.05) is 57.0 Å². The lowest BCUT2D eigenvalue weighted by Gasteiger charge is -2.52. The summed E-state index contributed by atoms with van der Waals surface area (Å²) in [5.74, 6) is 0.927. The van der Waals surface area contributed by atoms with Crippen molar-refractivity contribution in [2.75, 3.05) is 33.8 Å². The normalized spacial score (nSPS) is 25.1. The molecule has 3 rings (SSSR count). The number of piperazine rings is 2. The molecule has 7 nitrogen and oxygen atoms in total. The van der Waals surface area contributed by atoms with Crippen molar-refractivity contribution in [1.29, 1.82) is 0 Å². The Bertz CT molecular complexity index is 776. The standard InChI is InChI=1S/C23H35N3O4/c1-7-17-14-25-18(15-26(17)22(28)30-23(2,3)4)13-24(5)21(27)20(25)12-16-9-8-10-19(11-16)29-6/h8-11,17-18,20H,7,12-15H2,1-6H3/t17-,18-,20-/m0/s1. The average molecular weight is 418 g/mol. The van der Waals surface area contributed by atoms with Crippen LogP contribution >= 0.6 is 0 Å². The lowest BCUT2D eigenvalue weighted by molar-refractivity contribution is -0.147. The van der Waals surface area contributed by atoms with E-state index >= 15 is 0 Å². The second kappa shape index (κ2) is 8.84. The number of nitrogens with zero attached hydrogens (tertiary/aromatic N) is 3. The van der Waals surface area contributed by atoms with Crippen LogP contribution in [0.1, 0.15) is 39.7 Å². The van der Waals surface area contributed by atoms with Crippen LogP contribution in [-0.2, 0) is 16.0 Å². The molecule has 2 aliphatic rings. The molecule has 0 aliphatic carbocycles. The second-order valence-corrected chi connectivity index (χ2v) is 9.34. The quantitative estimate of drug-likeness (QED) is 0.754. The summed E-state index contributed by atoms with van der Waals surface area (Å²) < 4.78 is 11.0. The second-order valence-electron chi connectivity index (χ2n) is 9.34. The minimum atomic E-state index is -0.527. The summed E-state index contributed by atoms with van der Waals surface area (Å²) in [4.78, 5) is 31.9. The molecule has 0 aromatic heterocycles. The van der Waals surface area contributed by atoms with Crippen molar-refractivity contribution in [3.8, 4) is 5.75 Å². The van der Waals surface area contributed by atoms with Crippen LogP contribution in [0.4, 0.5) is 4.79 Å². The van der Waals surface area contributed by atoms with E-state index in [0.29, 0.717) is 26.1 Å². The highest BCUT2D eigenvalue weighted by Gasteiger charge is 2.46. The van der Waals surface area contributed by atoms with Crippen molar-refractivity contribution in [2.24, 2.45) is 0 Å². The fraction of sp³-hybridized carbons (Fsp3) is 0.652. The van der Waals surface area contributed by atoms with E-state index in [2.05, 4.69) is 11.8 Å². The predicted octanol–water partition coefficient (Wildman–Crippen LogP) is 2.78. The molecule has 3 atom stereocenters. The molecular formula is C23H35N3O4. The summed E-state index contributed by atoms with van der Waals surface area (Å²) >= 11 is 0. The molecule has 0 bridgehead atoms. The highest BCUT2D eigenvalue weighted by molar-refractivity contribution is 5.83. The Kier molecular flexibility index (Phi) is 6.60. The first-order valence-electron chi connectivity index (χ1n) is 10.8. The van der Waals surface area contributed by atoms with E-state index in [1.165, 1.54) is 0 Å². The largest absolute Gasteiger partial charge is 0.497 e. The molecule has 2 amide bonds. The Morgan fingerprint density at radius 1 is 1.20 bits per heavy atom. The van der Waals surface area contributed by atoms with Crippen LogP contribution in [0, 0.1) is 0 Å². The first-order chi connectivity index (χ1) is 14.1. The van der Waals surface area contributed by atoms with Gasteiger partial charge in [0.15, 0.2) is 0 Å².